The minimum atomic E-state index is -3.96. The number of rotatable bonds is 5. The summed E-state index contributed by atoms with van der Waals surface area (Å²) < 4.78 is 31.5. The molecule has 0 radical (unpaired) electrons. The number of nitrogens with one attached hydrogen (secondary N) is 2. The molecule has 0 bridgehead atoms. The number of hydrogen-bond donors (Lipinski definition) is 3. The van der Waals surface area contributed by atoms with Crippen molar-refractivity contribution in [3.63, 3.8) is 0 Å². The molecule has 2 aromatic heterocycles. The lowest BCUT2D eigenvalue weighted by Gasteiger charge is -2.09. The average Bonchev–Trinajstić information content (AvgIpc) is 2.96. The summed E-state index contributed by atoms with van der Waals surface area (Å²) in [7, 11) is -3.96. The summed E-state index contributed by atoms with van der Waals surface area (Å²) >= 11 is 0. The lowest BCUT2D eigenvalue weighted by atomic mass is 10.4. The summed E-state index contributed by atoms with van der Waals surface area (Å²) in [5.74, 6) is -1.65. The molecule has 0 saturated carbocycles. The van der Waals surface area contributed by atoms with Crippen molar-refractivity contribution in [3.8, 4) is 0 Å². The number of aromatic carboxylic acids is 1. The van der Waals surface area contributed by atoms with Gasteiger partial charge < -0.3 is 9.52 Å². The van der Waals surface area contributed by atoms with E-state index in [4.69, 9.17) is 9.52 Å². The molecule has 0 saturated heterocycles. The van der Waals surface area contributed by atoms with Gasteiger partial charge in [-0.15, -0.1) is 10.2 Å². The van der Waals surface area contributed by atoms with E-state index in [9.17, 15) is 13.2 Å². The molecular weight excluding hydrogens is 290 g/mol. The molecule has 2 rings (SSSR count). The predicted octanol–water partition coefficient (Wildman–Crippen LogP) is -0.161. The smallest absolute Gasteiger partial charge is 0.371 e. The predicted molar refractivity (Wildman–Crippen MR) is 63.3 cm³/mol. The Kier molecular flexibility index (Phi) is 3.55. The van der Waals surface area contributed by atoms with E-state index in [1.54, 1.807) is 0 Å². The molecule has 11 heteroatoms. The second kappa shape index (κ2) is 5.02. The number of tetrazole rings is 1. The Morgan fingerprint density at radius 2 is 2.25 bits per heavy atom. The minimum Gasteiger partial charge on any atom is -0.475 e. The van der Waals surface area contributed by atoms with Crippen LogP contribution in [0.25, 0.3) is 0 Å². The lowest BCUT2D eigenvalue weighted by Crippen LogP contribution is -2.27. The first-order valence-electron chi connectivity index (χ1n) is 5.40. The van der Waals surface area contributed by atoms with Crippen molar-refractivity contribution in [2.45, 2.75) is 24.8 Å². The third-order valence-electron chi connectivity index (χ3n) is 2.45. The molecule has 0 fully saturated rings. The maximum absolute atomic E-state index is 12.1. The third-order valence-corrected chi connectivity index (χ3v) is 4.10. The van der Waals surface area contributed by atoms with Gasteiger partial charge in [0.2, 0.25) is 15.8 Å². The minimum absolute atomic E-state index is 0.0183. The number of aryl methyl sites for hydroxylation is 1. The lowest BCUT2D eigenvalue weighted by molar-refractivity contribution is 0.0661. The molecule has 20 heavy (non-hydrogen) atoms. The molecule has 0 aliphatic heterocycles. The average molecular weight is 301 g/mol. The van der Waals surface area contributed by atoms with Gasteiger partial charge in [-0.1, -0.05) is 5.21 Å². The van der Waals surface area contributed by atoms with E-state index in [1.807, 2.05) is 0 Å². The molecule has 0 aliphatic rings. The largest absolute Gasteiger partial charge is 0.475 e. The number of nitrogens with zero attached hydrogens (tertiary/aromatic N) is 3. The SMILES string of the molecule is Cc1oc(C(=O)O)cc1S(=O)(=O)NC(C)c1nn[nH]n1. The van der Waals surface area contributed by atoms with Gasteiger partial charge in [-0.3, -0.25) is 0 Å². The maximum atomic E-state index is 12.1. The summed E-state index contributed by atoms with van der Waals surface area (Å²) in [5, 5.41) is 21.6. The van der Waals surface area contributed by atoms with Crippen LogP contribution in [0, 0.1) is 6.92 Å². The van der Waals surface area contributed by atoms with Gasteiger partial charge in [-0.05, 0) is 13.8 Å². The molecule has 108 valence electrons. The third kappa shape index (κ3) is 2.67. The fraction of sp³-hybridized carbons (Fsp3) is 0.333. The number of furan rings is 1. The topological polar surface area (TPSA) is 151 Å². The molecule has 10 nitrogen and oxygen atoms in total. The van der Waals surface area contributed by atoms with Crippen LogP contribution in [0.5, 0.6) is 0 Å². The summed E-state index contributed by atoms with van der Waals surface area (Å²) in [6.45, 7) is 2.88. The standard InChI is InChI=1S/C9H11N5O5S/c1-4(8-10-13-14-11-8)12-20(17,18)7-3-6(9(15)16)19-5(7)2/h3-4,12H,1-2H3,(H,15,16)(H,10,11,13,14). The molecule has 0 aliphatic carbocycles. The number of H-pyrrole nitrogens is 1. The van der Waals surface area contributed by atoms with Gasteiger partial charge in [0.1, 0.15) is 10.7 Å². The van der Waals surface area contributed by atoms with Gasteiger partial charge in [-0.25, -0.2) is 17.9 Å². The molecular formula is C9H11N5O5S. The van der Waals surface area contributed by atoms with Gasteiger partial charge >= 0.3 is 5.97 Å². The van der Waals surface area contributed by atoms with E-state index in [0.717, 1.165) is 6.07 Å². The van der Waals surface area contributed by atoms with Crippen molar-refractivity contribution < 1.29 is 22.7 Å². The number of aromatic nitrogens is 4. The van der Waals surface area contributed by atoms with Gasteiger partial charge in [0.25, 0.3) is 0 Å². The highest BCUT2D eigenvalue weighted by molar-refractivity contribution is 7.89. The highest BCUT2D eigenvalue weighted by atomic mass is 32.2. The van der Waals surface area contributed by atoms with Crippen LogP contribution < -0.4 is 4.72 Å². The molecule has 0 amide bonds. The first kappa shape index (κ1) is 14.1. The van der Waals surface area contributed by atoms with Gasteiger partial charge in [0, 0.05) is 6.07 Å². The zero-order valence-electron chi connectivity index (χ0n) is 10.5. The number of carboxylic acids is 1. The Labute approximate surface area is 113 Å². The molecule has 0 aromatic carbocycles. The molecule has 0 spiro atoms. The van der Waals surface area contributed by atoms with Crippen LogP contribution in [-0.4, -0.2) is 40.1 Å². The monoisotopic (exact) mass is 301 g/mol. The van der Waals surface area contributed by atoms with Crippen molar-refractivity contribution in [1.82, 2.24) is 25.3 Å². The molecule has 2 aromatic rings. The van der Waals surface area contributed by atoms with Crippen LogP contribution >= 0.6 is 0 Å². The second-order valence-corrected chi connectivity index (χ2v) is 5.63. The van der Waals surface area contributed by atoms with Crippen LogP contribution in [0.4, 0.5) is 0 Å². The Morgan fingerprint density at radius 1 is 1.55 bits per heavy atom. The van der Waals surface area contributed by atoms with E-state index in [1.165, 1.54) is 13.8 Å². The van der Waals surface area contributed by atoms with E-state index < -0.39 is 27.8 Å². The number of carbonyl (C=O) groups is 1. The van der Waals surface area contributed by atoms with Crippen molar-refractivity contribution in [2.24, 2.45) is 0 Å². The molecule has 1 atom stereocenters. The normalized spacial score (nSPS) is 13.3. The number of hydrogen-bond acceptors (Lipinski definition) is 7. The Balaban J connectivity index is 2.29. The Bertz CT molecular complexity index is 720. The van der Waals surface area contributed by atoms with Gasteiger partial charge in [0.15, 0.2) is 5.82 Å². The van der Waals surface area contributed by atoms with Crippen molar-refractivity contribution in [3.05, 3.63) is 23.4 Å². The van der Waals surface area contributed by atoms with Crippen LogP contribution in [0.15, 0.2) is 15.4 Å². The van der Waals surface area contributed by atoms with Crippen molar-refractivity contribution in [1.29, 1.82) is 0 Å². The summed E-state index contributed by atoms with van der Waals surface area (Å²) in [6.07, 6.45) is 0. The highest BCUT2D eigenvalue weighted by Crippen LogP contribution is 2.21. The first-order chi connectivity index (χ1) is 9.31. The molecule has 2 heterocycles. The van der Waals surface area contributed by atoms with Gasteiger partial charge in [0.05, 0.1) is 6.04 Å². The fourth-order valence-electron chi connectivity index (χ4n) is 1.54. The maximum Gasteiger partial charge on any atom is 0.371 e. The first-order valence-corrected chi connectivity index (χ1v) is 6.89. The van der Waals surface area contributed by atoms with E-state index in [-0.39, 0.29) is 16.5 Å². The second-order valence-electron chi connectivity index (χ2n) is 3.95. The Hall–Kier alpha value is -2.27. The fourth-order valence-corrected chi connectivity index (χ4v) is 2.92. The van der Waals surface area contributed by atoms with Gasteiger partial charge in [-0.2, -0.15) is 5.21 Å². The summed E-state index contributed by atoms with van der Waals surface area (Å²) in [5.41, 5.74) is 0. The van der Waals surface area contributed by atoms with Crippen LogP contribution in [0.2, 0.25) is 0 Å². The number of sulfonamides is 1. The van der Waals surface area contributed by atoms with E-state index in [2.05, 4.69) is 25.3 Å². The molecule has 1 unspecified atom stereocenters. The van der Waals surface area contributed by atoms with E-state index >= 15 is 0 Å². The van der Waals surface area contributed by atoms with Crippen LogP contribution in [0.1, 0.15) is 35.1 Å². The highest BCUT2D eigenvalue weighted by Gasteiger charge is 2.26. The van der Waals surface area contributed by atoms with E-state index in [0.29, 0.717) is 0 Å². The number of aromatic amines is 1. The van der Waals surface area contributed by atoms with Crippen LogP contribution in [0.3, 0.4) is 0 Å². The zero-order chi connectivity index (χ0) is 14.9. The van der Waals surface area contributed by atoms with Crippen LogP contribution in [-0.2, 0) is 10.0 Å². The summed E-state index contributed by atoms with van der Waals surface area (Å²) in [6, 6.07) is 0.212. The zero-order valence-corrected chi connectivity index (χ0v) is 11.3. The quantitative estimate of drug-likeness (QED) is 0.689. The Morgan fingerprint density at radius 3 is 2.75 bits per heavy atom. The number of carboxylic acid groups (broad SMARTS) is 1. The van der Waals surface area contributed by atoms with Crippen molar-refractivity contribution >= 4 is 16.0 Å². The molecule has 3 N–H and O–H groups in total. The summed E-state index contributed by atoms with van der Waals surface area (Å²) in [4.78, 5) is 10.5. The van der Waals surface area contributed by atoms with Crippen molar-refractivity contribution in [2.75, 3.05) is 0 Å².